The smallest absolute Gasteiger partial charge is 0.309 e. The number of aliphatic hydroxyl groups excluding tert-OH is 1. The van der Waals surface area contributed by atoms with E-state index < -0.39 is 17.3 Å². The van der Waals surface area contributed by atoms with E-state index in [1.165, 1.54) is 50.5 Å². The molecule has 0 spiro atoms. The first-order valence-electron chi connectivity index (χ1n) is 11.0. The molecule has 1 aromatic rings. The van der Waals surface area contributed by atoms with Gasteiger partial charge in [-0.3, -0.25) is 4.79 Å². The van der Waals surface area contributed by atoms with E-state index >= 15 is 0 Å². The molecule has 0 aliphatic carbocycles. The van der Waals surface area contributed by atoms with Crippen molar-refractivity contribution in [1.82, 2.24) is 0 Å². The minimum atomic E-state index is -0.958. The van der Waals surface area contributed by atoms with Crippen molar-refractivity contribution < 1.29 is 19.7 Å². The standard InChI is InChI=1S/C24H38O4/c1-23(27,19-24(2)21(25)18-22(26)28-24)17-13-8-6-4-3-5-7-10-14-20-15-11-9-12-16-20/h9,11-12,15-16,21,25,27H,3-8,10,13-14,17-19H2,1-2H3/t21-,23-,24-/m1/s1. The number of esters is 1. The molecule has 0 amide bonds. The first-order chi connectivity index (χ1) is 13.3. The van der Waals surface area contributed by atoms with Crippen LogP contribution < -0.4 is 0 Å². The molecular weight excluding hydrogens is 352 g/mol. The highest BCUT2D eigenvalue weighted by molar-refractivity contribution is 5.73. The minimum absolute atomic E-state index is 0.0257. The molecule has 28 heavy (non-hydrogen) atoms. The second-order valence-corrected chi connectivity index (χ2v) is 8.99. The third-order valence-electron chi connectivity index (χ3n) is 5.92. The monoisotopic (exact) mass is 390 g/mol. The predicted octanol–water partition coefficient (Wildman–Crippen LogP) is 4.95. The van der Waals surface area contributed by atoms with Crippen LogP contribution in [0.25, 0.3) is 0 Å². The van der Waals surface area contributed by atoms with Gasteiger partial charge in [-0.1, -0.05) is 75.3 Å². The number of unbranched alkanes of at least 4 members (excludes halogenated alkanes) is 7. The number of cyclic esters (lactones) is 1. The van der Waals surface area contributed by atoms with Crippen molar-refractivity contribution in [2.24, 2.45) is 0 Å². The van der Waals surface area contributed by atoms with Crippen LogP contribution in [0.1, 0.15) is 90.0 Å². The molecular formula is C24H38O4. The van der Waals surface area contributed by atoms with Gasteiger partial charge in [-0.25, -0.2) is 0 Å². The zero-order valence-corrected chi connectivity index (χ0v) is 17.7. The highest BCUT2D eigenvalue weighted by atomic mass is 16.6. The van der Waals surface area contributed by atoms with Gasteiger partial charge < -0.3 is 14.9 Å². The van der Waals surface area contributed by atoms with Gasteiger partial charge in [0, 0.05) is 6.42 Å². The van der Waals surface area contributed by atoms with Gasteiger partial charge in [0.05, 0.1) is 12.0 Å². The zero-order valence-electron chi connectivity index (χ0n) is 17.7. The van der Waals surface area contributed by atoms with E-state index in [9.17, 15) is 15.0 Å². The van der Waals surface area contributed by atoms with Crippen LogP contribution in [0.3, 0.4) is 0 Å². The van der Waals surface area contributed by atoms with Gasteiger partial charge in [0.15, 0.2) is 0 Å². The average molecular weight is 391 g/mol. The fraction of sp³-hybridized carbons (Fsp3) is 0.708. The van der Waals surface area contributed by atoms with E-state index in [0.29, 0.717) is 6.42 Å². The number of hydrogen-bond donors (Lipinski definition) is 2. The van der Waals surface area contributed by atoms with Gasteiger partial charge in [0.2, 0.25) is 0 Å². The van der Waals surface area contributed by atoms with E-state index in [4.69, 9.17) is 4.74 Å². The molecule has 1 heterocycles. The van der Waals surface area contributed by atoms with Gasteiger partial charge in [0.25, 0.3) is 0 Å². The van der Waals surface area contributed by atoms with E-state index in [-0.39, 0.29) is 18.8 Å². The molecule has 0 aromatic heterocycles. The van der Waals surface area contributed by atoms with Crippen LogP contribution >= 0.6 is 0 Å². The van der Waals surface area contributed by atoms with Crippen molar-refractivity contribution in [2.45, 2.75) is 108 Å². The molecule has 2 rings (SSSR count). The number of carbonyl (C=O) groups is 1. The van der Waals surface area contributed by atoms with E-state index in [0.717, 1.165) is 12.8 Å². The molecule has 1 aliphatic heterocycles. The summed E-state index contributed by atoms with van der Waals surface area (Å²) in [5.74, 6) is -0.380. The van der Waals surface area contributed by atoms with Crippen molar-refractivity contribution >= 4 is 5.97 Å². The Balaban J connectivity index is 1.47. The summed E-state index contributed by atoms with van der Waals surface area (Å²) in [6.45, 7) is 3.50. The summed E-state index contributed by atoms with van der Waals surface area (Å²) in [5, 5.41) is 20.7. The van der Waals surface area contributed by atoms with Gasteiger partial charge >= 0.3 is 5.97 Å². The molecule has 4 heteroatoms. The molecule has 0 bridgehead atoms. The van der Waals surface area contributed by atoms with Gasteiger partial charge in [-0.15, -0.1) is 0 Å². The maximum Gasteiger partial charge on any atom is 0.309 e. The van der Waals surface area contributed by atoms with Crippen LogP contribution in [-0.2, 0) is 16.0 Å². The highest BCUT2D eigenvalue weighted by Gasteiger charge is 2.48. The van der Waals surface area contributed by atoms with Crippen molar-refractivity contribution in [2.75, 3.05) is 0 Å². The number of aliphatic hydroxyl groups is 2. The Morgan fingerprint density at radius 1 is 1.04 bits per heavy atom. The van der Waals surface area contributed by atoms with Crippen molar-refractivity contribution in [3.8, 4) is 0 Å². The molecule has 1 saturated heterocycles. The maximum atomic E-state index is 11.4. The van der Waals surface area contributed by atoms with Crippen LogP contribution in [0.15, 0.2) is 30.3 Å². The van der Waals surface area contributed by atoms with Crippen LogP contribution in [0.2, 0.25) is 0 Å². The number of benzene rings is 1. The molecule has 4 nitrogen and oxygen atoms in total. The lowest BCUT2D eigenvalue weighted by molar-refractivity contribution is -0.155. The molecule has 0 radical (unpaired) electrons. The molecule has 1 fully saturated rings. The predicted molar refractivity (Wildman–Crippen MR) is 112 cm³/mol. The Bertz CT molecular complexity index is 584. The molecule has 0 saturated carbocycles. The quantitative estimate of drug-likeness (QED) is 0.369. The zero-order chi connectivity index (χ0) is 20.5. The molecule has 3 atom stereocenters. The van der Waals surface area contributed by atoms with Crippen molar-refractivity contribution in [1.29, 1.82) is 0 Å². The largest absolute Gasteiger partial charge is 0.456 e. The molecule has 1 aromatic carbocycles. The lowest BCUT2D eigenvalue weighted by Crippen LogP contribution is -2.44. The van der Waals surface area contributed by atoms with E-state index in [1.54, 1.807) is 13.8 Å². The van der Waals surface area contributed by atoms with Gasteiger partial charge in [0.1, 0.15) is 11.7 Å². The lowest BCUT2D eigenvalue weighted by atomic mass is 9.83. The number of rotatable bonds is 13. The molecule has 1 aliphatic rings. The summed E-state index contributed by atoms with van der Waals surface area (Å²) >= 11 is 0. The first kappa shape index (κ1) is 22.9. The summed E-state index contributed by atoms with van der Waals surface area (Å²) in [6.07, 6.45) is 11.0. The first-order valence-corrected chi connectivity index (χ1v) is 11.0. The Morgan fingerprint density at radius 3 is 2.18 bits per heavy atom. The Labute approximate surface area is 170 Å². The number of carbonyl (C=O) groups excluding carboxylic acids is 1. The summed E-state index contributed by atoms with van der Waals surface area (Å²) < 4.78 is 5.27. The number of ether oxygens (including phenoxy) is 1. The highest BCUT2D eigenvalue weighted by Crippen LogP contribution is 2.36. The average Bonchev–Trinajstić information content (AvgIpc) is 2.88. The molecule has 2 N–H and O–H groups in total. The summed E-state index contributed by atoms with van der Waals surface area (Å²) in [4.78, 5) is 11.4. The van der Waals surface area contributed by atoms with Crippen LogP contribution in [0, 0.1) is 0 Å². The second kappa shape index (κ2) is 11.0. The van der Waals surface area contributed by atoms with Crippen molar-refractivity contribution in [3.05, 3.63) is 35.9 Å². The van der Waals surface area contributed by atoms with Crippen LogP contribution in [0.4, 0.5) is 0 Å². The fourth-order valence-corrected chi connectivity index (χ4v) is 4.28. The van der Waals surface area contributed by atoms with E-state index in [1.807, 2.05) is 0 Å². The number of hydrogen-bond acceptors (Lipinski definition) is 4. The fourth-order valence-electron chi connectivity index (χ4n) is 4.28. The summed E-state index contributed by atoms with van der Waals surface area (Å²) in [7, 11) is 0. The third-order valence-corrected chi connectivity index (χ3v) is 5.92. The Kier molecular flexibility index (Phi) is 8.97. The van der Waals surface area contributed by atoms with Crippen molar-refractivity contribution in [3.63, 3.8) is 0 Å². The normalized spacial score (nSPS) is 24.1. The maximum absolute atomic E-state index is 11.4. The molecule has 158 valence electrons. The summed E-state index contributed by atoms with van der Waals surface area (Å²) in [5.41, 5.74) is -0.443. The Hall–Kier alpha value is -1.39. The van der Waals surface area contributed by atoms with E-state index in [2.05, 4.69) is 30.3 Å². The van der Waals surface area contributed by atoms with Crippen LogP contribution in [-0.4, -0.2) is 33.5 Å². The van der Waals surface area contributed by atoms with Gasteiger partial charge in [-0.05, 0) is 38.7 Å². The third kappa shape index (κ3) is 7.92. The molecule has 0 unspecified atom stereocenters. The van der Waals surface area contributed by atoms with Gasteiger partial charge in [-0.2, -0.15) is 0 Å². The number of aryl methyl sites for hydroxylation is 1. The Morgan fingerprint density at radius 2 is 1.61 bits per heavy atom. The van der Waals surface area contributed by atoms with Crippen LogP contribution in [0.5, 0.6) is 0 Å². The SMILES string of the molecule is C[C@@](O)(CCCCCCCCCCc1ccccc1)C[C@@]1(C)OC(=O)C[C@H]1O. The lowest BCUT2D eigenvalue weighted by Gasteiger charge is -2.34. The summed E-state index contributed by atoms with van der Waals surface area (Å²) in [6, 6.07) is 10.7. The topological polar surface area (TPSA) is 66.8 Å². The second-order valence-electron chi connectivity index (χ2n) is 8.99. The minimum Gasteiger partial charge on any atom is -0.456 e.